The van der Waals surface area contributed by atoms with Gasteiger partial charge in [-0.3, -0.25) is 19.2 Å². The lowest BCUT2D eigenvalue weighted by molar-refractivity contribution is -0.154. The molecule has 1 aliphatic heterocycles. The second-order valence-electron chi connectivity index (χ2n) is 10.9. The highest BCUT2D eigenvalue weighted by atomic mass is 35.5. The molecular formula is C31H22Cl2N2O6S. The molecule has 2 aromatic carbocycles. The lowest BCUT2D eigenvalue weighted by Gasteiger charge is -2.37. The van der Waals surface area contributed by atoms with Crippen molar-refractivity contribution in [2.45, 2.75) is 6.42 Å². The summed E-state index contributed by atoms with van der Waals surface area (Å²) in [6.45, 7) is -0.569. The minimum absolute atomic E-state index is 0.0477. The van der Waals surface area contributed by atoms with E-state index in [2.05, 4.69) is 0 Å². The molecule has 212 valence electrons. The summed E-state index contributed by atoms with van der Waals surface area (Å²) in [5, 5.41) is 3.93. The normalized spacial score (nSPS) is 26.6. The molecule has 0 N–H and O–H groups in total. The Morgan fingerprint density at radius 1 is 0.881 bits per heavy atom. The van der Waals surface area contributed by atoms with Gasteiger partial charge in [-0.25, -0.2) is 9.80 Å². The van der Waals surface area contributed by atoms with Gasteiger partial charge < -0.3 is 4.74 Å². The second-order valence-corrected chi connectivity index (χ2v) is 12.7. The van der Waals surface area contributed by atoms with E-state index in [0.717, 1.165) is 16.4 Å². The van der Waals surface area contributed by atoms with Crippen molar-refractivity contribution in [2.75, 3.05) is 6.54 Å². The van der Waals surface area contributed by atoms with Crippen LogP contribution >= 0.6 is 34.5 Å². The molecule has 0 unspecified atom stereocenters. The molecule has 1 saturated heterocycles. The molecule has 42 heavy (non-hydrogen) atoms. The molecule has 0 radical (unpaired) electrons. The van der Waals surface area contributed by atoms with Crippen LogP contribution in [0.2, 0.25) is 10.0 Å². The number of rotatable bonds is 7. The third-order valence-corrected chi connectivity index (χ3v) is 10.3. The molecule has 0 spiro atoms. The van der Waals surface area contributed by atoms with E-state index >= 15 is 0 Å². The summed E-state index contributed by atoms with van der Waals surface area (Å²) < 4.78 is 5.36. The van der Waals surface area contributed by atoms with E-state index in [-0.39, 0.29) is 38.8 Å². The number of benzene rings is 2. The zero-order valence-electron chi connectivity index (χ0n) is 21.8. The highest BCUT2D eigenvalue weighted by Crippen LogP contribution is 2.65. The van der Waals surface area contributed by atoms with Crippen LogP contribution < -0.4 is 4.74 Å². The van der Waals surface area contributed by atoms with E-state index in [9.17, 15) is 24.0 Å². The van der Waals surface area contributed by atoms with Gasteiger partial charge in [-0.2, -0.15) is 5.01 Å². The fourth-order valence-electron chi connectivity index (χ4n) is 6.68. The zero-order chi connectivity index (χ0) is 29.3. The predicted molar refractivity (Wildman–Crippen MR) is 154 cm³/mol. The standard InChI is InChI=1S/C31H22Cl2N2O6S/c32-22-10-5-16(12-23(22)33)28(37)34(35-29(38)26-18-8-9-19(21-13-20(18)21)27(26)30(35)39)14-24(36)15-3-6-17(7-4-15)41-31(40)25-2-1-11-42-25/h1-12,18-21,26-27H,13-14H2/t18-,19-,20-,21-,26+,27+/m0/s1. The molecule has 1 aromatic heterocycles. The molecule has 2 bridgehead atoms. The van der Waals surface area contributed by atoms with Crippen LogP contribution in [0.3, 0.4) is 0 Å². The molecule has 2 heterocycles. The van der Waals surface area contributed by atoms with Crippen LogP contribution in [0.1, 0.15) is 36.8 Å². The summed E-state index contributed by atoms with van der Waals surface area (Å²) in [5.41, 5.74) is 0.282. The van der Waals surface area contributed by atoms with Crippen molar-refractivity contribution >= 4 is 64.0 Å². The number of carbonyl (C=O) groups is 5. The van der Waals surface area contributed by atoms with Gasteiger partial charge in [0.25, 0.3) is 17.7 Å². The fraction of sp³-hybridized carbons (Fsp3) is 0.258. The number of Topliss-reactive ketones (excluding diaryl/α,β-unsaturated/α-hetero) is 1. The Kier molecular flexibility index (Phi) is 6.56. The first-order valence-electron chi connectivity index (χ1n) is 13.4. The van der Waals surface area contributed by atoms with Gasteiger partial charge in [-0.05, 0) is 84.0 Å². The van der Waals surface area contributed by atoms with E-state index in [1.54, 1.807) is 17.5 Å². The quantitative estimate of drug-likeness (QED) is 0.113. The maximum Gasteiger partial charge on any atom is 0.353 e. The number of halogens is 2. The first-order valence-corrected chi connectivity index (χ1v) is 15.1. The maximum atomic E-state index is 13.9. The van der Waals surface area contributed by atoms with Crippen LogP contribution in [0.15, 0.2) is 72.1 Å². The van der Waals surface area contributed by atoms with Crippen molar-refractivity contribution in [3.05, 3.63) is 98.2 Å². The van der Waals surface area contributed by atoms with E-state index in [4.69, 9.17) is 27.9 Å². The fourth-order valence-corrected chi connectivity index (χ4v) is 7.58. The number of ketones is 1. The number of hydrogen-bond acceptors (Lipinski definition) is 7. The molecule has 8 nitrogen and oxygen atoms in total. The number of allylic oxidation sites excluding steroid dienone is 2. The van der Waals surface area contributed by atoms with Crippen molar-refractivity contribution in [1.82, 2.24) is 10.0 Å². The van der Waals surface area contributed by atoms with Gasteiger partial charge in [0, 0.05) is 11.1 Å². The van der Waals surface area contributed by atoms with Crippen molar-refractivity contribution in [3.8, 4) is 5.75 Å². The minimum Gasteiger partial charge on any atom is -0.422 e. The number of hydrazine groups is 1. The second kappa shape index (κ2) is 10.2. The van der Waals surface area contributed by atoms with Gasteiger partial charge in [0.1, 0.15) is 17.2 Å². The first kappa shape index (κ1) is 27.1. The zero-order valence-corrected chi connectivity index (χ0v) is 24.1. The highest BCUT2D eigenvalue weighted by molar-refractivity contribution is 7.12. The van der Waals surface area contributed by atoms with Gasteiger partial charge in [0.15, 0.2) is 5.78 Å². The number of thiophene rings is 1. The molecule has 11 heteroatoms. The first-order chi connectivity index (χ1) is 20.2. The smallest absolute Gasteiger partial charge is 0.353 e. The molecule has 3 fully saturated rings. The van der Waals surface area contributed by atoms with E-state index in [1.807, 2.05) is 12.2 Å². The average molecular weight is 621 g/mol. The van der Waals surface area contributed by atoms with Crippen LogP contribution in [0.5, 0.6) is 5.75 Å². The van der Waals surface area contributed by atoms with Crippen molar-refractivity contribution in [1.29, 1.82) is 0 Å². The lowest BCUT2D eigenvalue weighted by atomic mass is 9.63. The maximum absolute atomic E-state index is 13.9. The van der Waals surface area contributed by atoms with Crippen molar-refractivity contribution in [3.63, 3.8) is 0 Å². The Morgan fingerprint density at radius 2 is 1.52 bits per heavy atom. The topological polar surface area (TPSA) is 101 Å². The minimum atomic E-state index is -0.728. The average Bonchev–Trinajstić information content (AvgIpc) is 3.56. The molecule has 3 aromatic rings. The van der Waals surface area contributed by atoms with Gasteiger partial charge in [0.2, 0.25) is 0 Å². The van der Waals surface area contributed by atoms with Crippen LogP contribution in [-0.2, 0) is 9.59 Å². The summed E-state index contributed by atoms with van der Waals surface area (Å²) in [6, 6.07) is 13.5. The molecule has 2 saturated carbocycles. The summed E-state index contributed by atoms with van der Waals surface area (Å²) in [4.78, 5) is 67.7. The van der Waals surface area contributed by atoms with E-state index in [1.165, 1.54) is 53.8 Å². The Bertz CT molecular complexity index is 1650. The Balaban J connectivity index is 1.17. The van der Waals surface area contributed by atoms with Crippen LogP contribution in [0.4, 0.5) is 0 Å². The van der Waals surface area contributed by atoms with Gasteiger partial charge in [-0.1, -0.05) is 41.4 Å². The Morgan fingerprint density at radius 3 is 2.12 bits per heavy atom. The van der Waals surface area contributed by atoms with Crippen LogP contribution in [0.25, 0.3) is 0 Å². The van der Waals surface area contributed by atoms with E-state index < -0.39 is 47.9 Å². The van der Waals surface area contributed by atoms with Gasteiger partial charge in [-0.15, -0.1) is 11.3 Å². The predicted octanol–water partition coefficient (Wildman–Crippen LogP) is 5.57. The highest BCUT2D eigenvalue weighted by Gasteiger charge is 2.68. The third-order valence-electron chi connectivity index (χ3n) is 8.68. The number of amides is 3. The number of esters is 1. The Labute approximate surface area is 254 Å². The number of carbonyl (C=O) groups excluding carboxylic acids is 5. The number of nitrogens with zero attached hydrogens (tertiary/aromatic N) is 2. The van der Waals surface area contributed by atoms with Crippen molar-refractivity contribution < 1.29 is 28.7 Å². The van der Waals surface area contributed by atoms with Crippen LogP contribution in [-0.4, -0.2) is 46.0 Å². The Hall–Kier alpha value is -3.79. The SMILES string of the molecule is O=C(CN(C(=O)c1ccc(Cl)c(Cl)c1)N1C(=O)[C@@H]2[C@H]3C=C[C@@H]([C@@H]4C[C@@H]34)[C@H]2C1=O)c1ccc(OC(=O)c2cccs2)cc1. The van der Waals surface area contributed by atoms with Gasteiger partial charge >= 0.3 is 5.97 Å². The summed E-state index contributed by atoms with van der Waals surface area (Å²) in [7, 11) is 0. The molecule has 3 amide bonds. The molecule has 4 aliphatic carbocycles. The van der Waals surface area contributed by atoms with Gasteiger partial charge in [0.05, 0.1) is 21.9 Å². The van der Waals surface area contributed by atoms with E-state index in [0.29, 0.717) is 16.7 Å². The molecular weight excluding hydrogens is 599 g/mol. The molecule has 5 aliphatic rings. The van der Waals surface area contributed by atoms with Crippen LogP contribution in [0, 0.1) is 35.5 Å². The summed E-state index contributed by atoms with van der Waals surface area (Å²) in [5.74, 6) is -2.88. The molecule has 6 atom stereocenters. The number of hydrogen-bond donors (Lipinski definition) is 0. The van der Waals surface area contributed by atoms with Crippen molar-refractivity contribution in [2.24, 2.45) is 35.5 Å². The number of imide groups is 1. The largest absolute Gasteiger partial charge is 0.422 e. The monoisotopic (exact) mass is 620 g/mol. The number of ether oxygens (including phenoxy) is 1. The summed E-state index contributed by atoms with van der Waals surface area (Å²) in [6.07, 6.45) is 5.08. The third kappa shape index (κ3) is 4.38. The molecule has 8 rings (SSSR count). The summed E-state index contributed by atoms with van der Waals surface area (Å²) >= 11 is 13.5. The lowest BCUT2D eigenvalue weighted by Crippen LogP contribution is -2.52.